The lowest BCUT2D eigenvalue weighted by Gasteiger charge is -2.26. The molecule has 0 saturated carbocycles. The maximum atomic E-state index is 13.2. The van der Waals surface area contributed by atoms with E-state index in [0.717, 1.165) is 24.2 Å². The first-order chi connectivity index (χ1) is 15.3. The molecule has 2 aromatic rings. The van der Waals surface area contributed by atoms with Crippen molar-refractivity contribution in [3.63, 3.8) is 0 Å². The second-order valence-electron chi connectivity index (χ2n) is 7.66. The Morgan fingerprint density at radius 2 is 1.81 bits per heavy atom. The van der Waals surface area contributed by atoms with Gasteiger partial charge >= 0.3 is 5.97 Å². The topological polar surface area (TPSA) is 84.0 Å². The number of sulfonamides is 1. The normalized spacial score (nSPS) is 17.0. The maximum Gasteiger partial charge on any atom is 0.340 e. The summed E-state index contributed by atoms with van der Waals surface area (Å²) in [5.74, 6) is -1.26. The quantitative estimate of drug-likeness (QED) is 0.487. The van der Waals surface area contributed by atoms with E-state index in [1.807, 2.05) is 0 Å². The predicted molar refractivity (Wildman–Crippen MR) is 118 cm³/mol. The van der Waals surface area contributed by atoms with Gasteiger partial charge in [-0.2, -0.15) is 4.31 Å². The van der Waals surface area contributed by atoms with Gasteiger partial charge in [-0.05, 0) is 48.6 Å². The van der Waals surface area contributed by atoms with E-state index >= 15 is 0 Å². The van der Waals surface area contributed by atoms with Gasteiger partial charge in [0, 0.05) is 30.6 Å². The molecule has 0 radical (unpaired) electrons. The molecule has 1 aromatic heterocycles. The van der Waals surface area contributed by atoms with E-state index in [0.29, 0.717) is 42.1 Å². The average molecular weight is 479 g/mol. The SMILES string of the molecule is COC(=O)c1c(S(=O)(=O)N2CCCC2)sc2c1CCN(C(=O)C=Cc1ccc(F)cc1)C2. The van der Waals surface area contributed by atoms with E-state index in [4.69, 9.17) is 4.74 Å². The van der Waals surface area contributed by atoms with Gasteiger partial charge in [0.2, 0.25) is 5.91 Å². The molecule has 170 valence electrons. The predicted octanol–water partition coefficient (Wildman–Crippen LogP) is 3.06. The molecule has 0 N–H and O–H groups in total. The van der Waals surface area contributed by atoms with Gasteiger partial charge in [0.15, 0.2) is 0 Å². The molecule has 2 aliphatic rings. The number of carbonyl (C=O) groups excluding carboxylic acids is 2. The van der Waals surface area contributed by atoms with Gasteiger partial charge in [-0.25, -0.2) is 17.6 Å². The number of halogens is 1. The summed E-state index contributed by atoms with van der Waals surface area (Å²) in [4.78, 5) is 27.5. The molecule has 0 spiro atoms. The lowest BCUT2D eigenvalue weighted by molar-refractivity contribution is -0.126. The molecule has 7 nitrogen and oxygen atoms in total. The summed E-state index contributed by atoms with van der Waals surface area (Å²) in [6.45, 7) is 1.43. The van der Waals surface area contributed by atoms with Crippen molar-refractivity contribution < 1.29 is 27.1 Å². The number of benzene rings is 1. The fourth-order valence-electron chi connectivity index (χ4n) is 3.95. The van der Waals surface area contributed by atoms with Crippen molar-refractivity contribution in [2.75, 3.05) is 26.7 Å². The van der Waals surface area contributed by atoms with Crippen LogP contribution < -0.4 is 0 Å². The fourth-order valence-corrected chi connectivity index (χ4v) is 7.51. The van der Waals surface area contributed by atoms with Crippen molar-refractivity contribution in [1.29, 1.82) is 0 Å². The van der Waals surface area contributed by atoms with Crippen LogP contribution in [0, 0.1) is 5.82 Å². The summed E-state index contributed by atoms with van der Waals surface area (Å²) < 4.78 is 45.8. The number of hydrogen-bond acceptors (Lipinski definition) is 6. The zero-order valence-corrected chi connectivity index (χ0v) is 19.2. The Bertz CT molecular complexity index is 1170. The molecular weight excluding hydrogens is 455 g/mol. The number of methoxy groups -OCH3 is 1. The van der Waals surface area contributed by atoms with Crippen LogP contribution in [0.5, 0.6) is 0 Å². The molecule has 0 aliphatic carbocycles. The Labute approximate surface area is 190 Å². The molecule has 10 heteroatoms. The van der Waals surface area contributed by atoms with Crippen LogP contribution in [0.2, 0.25) is 0 Å². The molecule has 1 fully saturated rings. The van der Waals surface area contributed by atoms with Crippen molar-refractivity contribution >= 4 is 39.3 Å². The molecule has 0 bridgehead atoms. The van der Waals surface area contributed by atoms with Crippen molar-refractivity contribution in [3.8, 4) is 0 Å². The molecule has 0 atom stereocenters. The van der Waals surface area contributed by atoms with Crippen LogP contribution in [0.25, 0.3) is 6.08 Å². The number of fused-ring (bicyclic) bond motifs is 1. The molecular formula is C22H23FN2O5S2. The van der Waals surface area contributed by atoms with E-state index in [-0.39, 0.29) is 28.0 Å². The van der Waals surface area contributed by atoms with Gasteiger partial charge in [-0.1, -0.05) is 12.1 Å². The minimum Gasteiger partial charge on any atom is -0.465 e. The molecule has 3 heterocycles. The summed E-state index contributed by atoms with van der Waals surface area (Å²) in [6, 6.07) is 5.79. The first-order valence-corrected chi connectivity index (χ1v) is 12.5. The number of amides is 1. The van der Waals surface area contributed by atoms with E-state index in [9.17, 15) is 22.4 Å². The van der Waals surface area contributed by atoms with Crippen molar-refractivity contribution in [3.05, 3.63) is 57.7 Å². The second kappa shape index (κ2) is 9.13. The van der Waals surface area contributed by atoms with Gasteiger partial charge < -0.3 is 9.64 Å². The van der Waals surface area contributed by atoms with Crippen LogP contribution in [0.1, 0.15) is 39.2 Å². The Hall–Kier alpha value is -2.56. The van der Waals surface area contributed by atoms with Crippen molar-refractivity contribution in [2.24, 2.45) is 0 Å². The lowest BCUT2D eigenvalue weighted by atomic mass is 10.0. The number of ether oxygens (including phenoxy) is 1. The van der Waals surface area contributed by atoms with Crippen LogP contribution in [0.15, 0.2) is 34.6 Å². The molecule has 32 heavy (non-hydrogen) atoms. The monoisotopic (exact) mass is 478 g/mol. The summed E-state index contributed by atoms with van der Waals surface area (Å²) in [7, 11) is -2.57. The highest BCUT2D eigenvalue weighted by atomic mass is 32.2. The van der Waals surface area contributed by atoms with Crippen molar-refractivity contribution in [2.45, 2.75) is 30.0 Å². The zero-order valence-electron chi connectivity index (χ0n) is 17.5. The van der Waals surface area contributed by atoms with Crippen LogP contribution in [-0.2, 0) is 32.5 Å². The summed E-state index contributed by atoms with van der Waals surface area (Å²) >= 11 is 1.05. The van der Waals surface area contributed by atoms with Gasteiger partial charge in [-0.15, -0.1) is 11.3 Å². The van der Waals surface area contributed by atoms with E-state index < -0.39 is 16.0 Å². The molecule has 1 saturated heterocycles. The molecule has 2 aliphatic heterocycles. The number of carbonyl (C=O) groups is 2. The minimum absolute atomic E-state index is 0.00685. The third-order valence-electron chi connectivity index (χ3n) is 5.65. The number of rotatable bonds is 5. The first kappa shape index (κ1) is 22.6. The summed E-state index contributed by atoms with van der Waals surface area (Å²) in [5, 5.41) is 0. The molecule has 1 amide bonds. The number of nitrogens with zero attached hydrogens (tertiary/aromatic N) is 2. The molecule has 0 unspecified atom stereocenters. The van der Waals surface area contributed by atoms with Crippen LogP contribution >= 0.6 is 11.3 Å². The Morgan fingerprint density at radius 3 is 2.47 bits per heavy atom. The summed E-state index contributed by atoms with van der Waals surface area (Å²) in [5.41, 5.74) is 1.44. The highest BCUT2D eigenvalue weighted by Gasteiger charge is 2.38. The third kappa shape index (κ3) is 4.35. The van der Waals surface area contributed by atoms with Crippen molar-refractivity contribution in [1.82, 2.24) is 9.21 Å². The van der Waals surface area contributed by atoms with E-state index in [1.54, 1.807) is 23.1 Å². The second-order valence-corrected chi connectivity index (χ2v) is 10.9. The fraction of sp³-hybridized carbons (Fsp3) is 0.364. The standard InChI is InChI=1S/C22H23FN2O5S2/c1-30-21(27)20-17-10-13-24(19(26)9-6-15-4-7-16(23)8-5-15)14-18(17)31-22(20)32(28,29)25-11-2-3-12-25/h4-9H,2-3,10-14H2,1H3. The molecule has 4 rings (SSSR count). The van der Waals surface area contributed by atoms with Gasteiger partial charge in [0.1, 0.15) is 10.0 Å². The number of hydrogen-bond donors (Lipinski definition) is 0. The minimum atomic E-state index is -3.80. The lowest BCUT2D eigenvalue weighted by Crippen LogP contribution is -2.34. The highest BCUT2D eigenvalue weighted by Crippen LogP contribution is 2.38. The molecule has 1 aromatic carbocycles. The van der Waals surface area contributed by atoms with Gasteiger partial charge in [0.05, 0.1) is 19.2 Å². The van der Waals surface area contributed by atoms with Gasteiger partial charge in [0.25, 0.3) is 10.0 Å². The number of esters is 1. The summed E-state index contributed by atoms with van der Waals surface area (Å²) in [6.07, 6.45) is 4.97. The van der Waals surface area contributed by atoms with E-state index in [2.05, 4.69) is 0 Å². The number of thiophene rings is 1. The third-order valence-corrected chi connectivity index (χ3v) is 9.26. The van der Waals surface area contributed by atoms with Crippen LogP contribution in [-0.4, -0.2) is 56.2 Å². The average Bonchev–Trinajstić information content (AvgIpc) is 3.46. The van der Waals surface area contributed by atoms with E-state index in [1.165, 1.54) is 29.6 Å². The van der Waals surface area contributed by atoms with Crippen LogP contribution in [0.3, 0.4) is 0 Å². The van der Waals surface area contributed by atoms with Gasteiger partial charge in [-0.3, -0.25) is 4.79 Å². The Morgan fingerprint density at radius 1 is 1.12 bits per heavy atom. The largest absolute Gasteiger partial charge is 0.465 e. The Kier molecular flexibility index (Phi) is 6.45. The Balaban J connectivity index is 1.60. The highest BCUT2D eigenvalue weighted by molar-refractivity contribution is 7.91. The van der Waals surface area contributed by atoms with Crippen LogP contribution in [0.4, 0.5) is 4.39 Å². The zero-order chi connectivity index (χ0) is 22.9. The maximum absolute atomic E-state index is 13.2. The smallest absolute Gasteiger partial charge is 0.340 e. The first-order valence-electron chi connectivity index (χ1n) is 10.3.